The first-order chi connectivity index (χ1) is 13.4. The molecule has 0 unspecified atom stereocenters. The fourth-order valence-electron chi connectivity index (χ4n) is 3.09. The van der Waals surface area contributed by atoms with Crippen LogP contribution in [0.4, 0.5) is 9.93 Å². The lowest BCUT2D eigenvalue weighted by Gasteiger charge is -2.19. The molecule has 1 aliphatic carbocycles. The lowest BCUT2D eigenvalue weighted by molar-refractivity contribution is 0.217. The Balaban J connectivity index is 1.57. The van der Waals surface area contributed by atoms with Crippen LogP contribution in [-0.2, 0) is 6.42 Å². The SMILES string of the molecule is CN(C)CCN(C)C(=O)Nc1nc2c(s1)-c1c(cnn1-c1ccccc1Cl)C2. The van der Waals surface area contributed by atoms with E-state index in [1.54, 1.807) is 11.9 Å². The molecular formula is C19H21ClN6OS. The smallest absolute Gasteiger partial charge is 0.323 e. The molecule has 0 spiro atoms. The van der Waals surface area contributed by atoms with Crippen molar-refractivity contribution in [3.63, 3.8) is 0 Å². The minimum atomic E-state index is -0.158. The lowest BCUT2D eigenvalue weighted by atomic mass is 10.2. The van der Waals surface area contributed by atoms with E-state index in [-0.39, 0.29) is 6.03 Å². The Morgan fingerprint density at radius 2 is 2.07 bits per heavy atom. The zero-order valence-electron chi connectivity index (χ0n) is 15.9. The fraction of sp³-hybridized carbons (Fsp3) is 0.316. The second-order valence-electron chi connectivity index (χ2n) is 7.01. The molecule has 0 fully saturated rings. The molecule has 9 heteroatoms. The van der Waals surface area contributed by atoms with Crippen LogP contribution >= 0.6 is 22.9 Å². The number of benzene rings is 1. The van der Waals surface area contributed by atoms with Crippen molar-refractivity contribution in [2.75, 3.05) is 39.5 Å². The van der Waals surface area contributed by atoms with Crippen LogP contribution in [0.3, 0.4) is 0 Å². The summed E-state index contributed by atoms with van der Waals surface area (Å²) in [6, 6.07) is 7.47. The summed E-state index contributed by atoms with van der Waals surface area (Å²) in [6.45, 7) is 1.45. The number of hydrogen-bond acceptors (Lipinski definition) is 5. The number of anilines is 1. The summed E-state index contributed by atoms with van der Waals surface area (Å²) in [4.78, 5) is 21.8. The zero-order valence-corrected chi connectivity index (χ0v) is 17.5. The molecule has 2 amide bonds. The number of carbonyl (C=O) groups excluding carboxylic acids is 1. The van der Waals surface area contributed by atoms with Gasteiger partial charge >= 0.3 is 6.03 Å². The van der Waals surface area contributed by atoms with E-state index < -0.39 is 0 Å². The van der Waals surface area contributed by atoms with Gasteiger partial charge in [-0.3, -0.25) is 5.32 Å². The maximum atomic E-state index is 12.4. The van der Waals surface area contributed by atoms with Gasteiger partial charge in [-0.25, -0.2) is 14.5 Å². The molecule has 2 heterocycles. The van der Waals surface area contributed by atoms with Crippen LogP contribution in [0.1, 0.15) is 11.3 Å². The fourth-order valence-corrected chi connectivity index (χ4v) is 4.34. The van der Waals surface area contributed by atoms with Crippen molar-refractivity contribution in [2.24, 2.45) is 0 Å². The molecule has 0 saturated heterocycles. The van der Waals surface area contributed by atoms with Crippen molar-refractivity contribution in [1.82, 2.24) is 24.6 Å². The molecule has 0 aliphatic heterocycles. The van der Waals surface area contributed by atoms with Crippen molar-refractivity contribution in [3.8, 4) is 16.3 Å². The summed E-state index contributed by atoms with van der Waals surface area (Å²) < 4.78 is 1.86. The second kappa shape index (κ2) is 7.54. The minimum Gasteiger partial charge on any atom is -0.326 e. The van der Waals surface area contributed by atoms with Gasteiger partial charge in [-0.15, -0.1) is 0 Å². The van der Waals surface area contributed by atoms with Crippen LogP contribution < -0.4 is 5.32 Å². The molecule has 3 aromatic rings. The summed E-state index contributed by atoms with van der Waals surface area (Å²) in [7, 11) is 5.75. The standard InChI is InChI=1S/C19H21ClN6OS/c1-24(2)8-9-25(3)19(27)23-18-22-14-10-12-11-21-26(16(12)17(14)28-18)15-7-5-4-6-13(15)20/h4-7,11H,8-10H2,1-3H3,(H,22,23,27). The summed E-state index contributed by atoms with van der Waals surface area (Å²) in [5, 5.41) is 8.67. The zero-order chi connectivity index (χ0) is 19.8. The van der Waals surface area contributed by atoms with Gasteiger partial charge in [0, 0.05) is 32.1 Å². The van der Waals surface area contributed by atoms with Gasteiger partial charge in [-0.05, 0) is 26.2 Å². The molecule has 1 N–H and O–H groups in total. The minimum absolute atomic E-state index is 0.158. The van der Waals surface area contributed by atoms with E-state index in [1.165, 1.54) is 11.3 Å². The molecule has 1 aliphatic rings. The van der Waals surface area contributed by atoms with Crippen LogP contribution in [0, 0.1) is 0 Å². The molecule has 28 heavy (non-hydrogen) atoms. The molecule has 0 radical (unpaired) electrons. The summed E-state index contributed by atoms with van der Waals surface area (Å²) >= 11 is 7.84. The number of aromatic nitrogens is 3. The van der Waals surface area contributed by atoms with Gasteiger partial charge in [0.2, 0.25) is 0 Å². The number of rotatable bonds is 5. The largest absolute Gasteiger partial charge is 0.326 e. The maximum Gasteiger partial charge on any atom is 0.323 e. The highest BCUT2D eigenvalue weighted by Crippen LogP contribution is 2.43. The van der Waals surface area contributed by atoms with Gasteiger partial charge in [0.15, 0.2) is 5.13 Å². The number of thiazole rings is 1. The summed E-state index contributed by atoms with van der Waals surface area (Å²) in [5.41, 5.74) is 3.92. The van der Waals surface area contributed by atoms with Gasteiger partial charge in [0.1, 0.15) is 0 Å². The van der Waals surface area contributed by atoms with E-state index in [0.717, 1.165) is 34.1 Å². The van der Waals surface area contributed by atoms with Gasteiger partial charge < -0.3 is 9.80 Å². The Hall–Kier alpha value is -2.42. The van der Waals surface area contributed by atoms with Crippen molar-refractivity contribution >= 4 is 34.1 Å². The van der Waals surface area contributed by atoms with Crippen LogP contribution in [0.25, 0.3) is 16.3 Å². The Morgan fingerprint density at radius 1 is 1.29 bits per heavy atom. The third-order valence-electron chi connectivity index (χ3n) is 4.64. The van der Waals surface area contributed by atoms with E-state index in [1.807, 2.05) is 54.1 Å². The number of amides is 2. The molecule has 4 rings (SSSR count). The van der Waals surface area contributed by atoms with Crippen molar-refractivity contribution in [3.05, 3.63) is 46.7 Å². The molecule has 0 saturated carbocycles. The highest BCUT2D eigenvalue weighted by molar-refractivity contribution is 7.19. The number of nitrogens with zero attached hydrogens (tertiary/aromatic N) is 5. The number of carbonyl (C=O) groups is 1. The van der Waals surface area contributed by atoms with E-state index in [2.05, 4.69) is 15.4 Å². The van der Waals surface area contributed by atoms with E-state index in [9.17, 15) is 4.79 Å². The molecular weight excluding hydrogens is 396 g/mol. The quantitative estimate of drug-likeness (QED) is 0.540. The van der Waals surface area contributed by atoms with Crippen LogP contribution in [0.5, 0.6) is 0 Å². The van der Waals surface area contributed by atoms with Crippen LogP contribution in [-0.4, -0.2) is 64.8 Å². The third-order valence-corrected chi connectivity index (χ3v) is 5.98. The van der Waals surface area contributed by atoms with Gasteiger partial charge in [-0.1, -0.05) is 35.1 Å². The molecule has 0 atom stereocenters. The number of urea groups is 1. The molecule has 1 aromatic carbocycles. The Bertz CT molecular complexity index is 1030. The summed E-state index contributed by atoms with van der Waals surface area (Å²) in [5.74, 6) is 0. The number of fused-ring (bicyclic) bond motifs is 3. The number of likely N-dealkylation sites (N-methyl/N-ethyl adjacent to an activating group) is 2. The molecule has 0 bridgehead atoms. The Labute approximate surface area is 172 Å². The van der Waals surface area contributed by atoms with Crippen LogP contribution in [0.15, 0.2) is 30.5 Å². The highest BCUT2D eigenvalue weighted by atomic mass is 35.5. The normalized spacial score (nSPS) is 12.2. The first kappa shape index (κ1) is 18.9. The maximum absolute atomic E-state index is 12.4. The molecule has 2 aromatic heterocycles. The summed E-state index contributed by atoms with van der Waals surface area (Å²) in [6.07, 6.45) is 2.57. The Kier molecular flexibility index (Phi) is 5.09. The average Bonchev–Trinajstić information content (AvgIpc) is 3.31. The number of halogens is 1. The number of hydrogen-bond donors (Lipinski definition) is 1. The highest BCUT2D eigenvalue weighted by Gasteiger charge is 2.29. The van der Waals surface area contributed by atoms with E-state index >= 15 is 0 Å². The lowest BCUT2D eigenvalue weighted by Crippen LogP contribution is -2.36. The average molecular weight is 417 g/mol. The van der Waals surface area contributed by atoms with E-state index in [4.69, 9.17) is 11.6 Å². The first-order valence-electron chi connectivity index (χ1n) is 8.92. The van der Waals surface area contributed by atoms with Gasteiger partial charge in [-0.2, -0.15) is 5.10 Å². The van der Waals surface area contributed by atoms with Gasteiger partial charge in [0.25, 0.3) is 0 Å². The number of para-hydroxylation sites is 1. The van der Waals surface area contributed by atoms with Crippen molar-refractivity contribution in [2.45, 2.75) is 6.42 Å². The Morgan fingerprint density at radius 3 is 2.82 bits per heavy atom. The van der Waals surface area contributed by atoms with Crippen LogP contribution in [0.2, 0.25) is 5.02 Å². The monoisotopic (exact) mass is 416 g/mol. The predicted octanol–water partition coefficient (Wildman–Crippen LogP) is 3.58. The molecule has 7 nitrogen and oxygen atoms in total. The predicted molar refractivity (Wildman–Crippen MR) is 113 cm³/mol. The number of nitrogens with one attached hydrogen (secondary N) is 1. The van der Waals surface area contributed by atoms with Crippen molar-refractivity contribution < 1.29 is 4.79 Å². The second-order valence-corrected chi connectivity index (χ2v) is 8.41. The van der Waals surface area contributed by atoms with Gasteiger partial charge in [0.05, 0.1) is 33.2 Å². The third kappa shape index (κ3) is 3.50. The first-order valence-corrected chi connectivity index (χ1v) is 10.1. The molecule has 146 valence electrons. The topological polar surface area (TPSA) is 66.3 Å². The van der Waals surface area contributed by atoms with Crippen molar-refractivity contribution in [1.29, 1.82) is 0 Å². The van der Waals surface area contributed by atoms with E-state index in [0.29, 0.717) is 23.1 Å².